The summed E-state index contributed by atoms with van der Waals surface area (Å²) in [5, 5.41) is 9.52. The molecular formula is C9H6N2O3. The highest BCUT2D eigenvalue weighted by Gasteiger charge is 2.09. The molecular weight excluding hydrogens is 184 g/mol. The Kier molecular flexibility index (Phi) is 1.78. The van der Waals surface area contributed by atoms with E-state index in [2.05, 4.69) is 9.97 Å². The first-order valence-electron chi connectivity index (χ1n) is 3.89. The van der Waals surface area contributed by atoms with Crippen molar-refractivity contribution in [2.75, 3.05) is 0 Å². The summed E-state index contributed by atoms with van der Waals surface area (Å²) in [6.45, 7) is 0. The van der Waals surface area contributed by atoms with Crippen LogP contribution in [0.4, 0.5) is 0 Å². The Morgan fingerprint density at radius 1 is 1.43 bits per heavy atom. The zero-order valence-corrected chi connectivity index (χ0v) is 7.02. The first-order valence-corrected chi connectivity index (χ1v) is 3.89. The fourth-order valence-corrected chi connectivity index (χ4v) is 1.28. The average Bonchev–Trinajstić information content (AvgIpc) is 2.18. The van der Waals surface area contributed by atoms with Gasteiger partial charge in [0.2, 0.25) is 0 Å². The summed E-state index contributed by atoms with van der Waals surface area (Å²) in [5.74, 6) is -1.07. The molecule has 0 aromatic carbocycles. The van der Waals surface area contributed by atoms with Crippen molar-refractivity contribution in [3.63, 3.8) is 0 Å². The fourth-order valence-electron chi connectivity index (χ4n) is 1.28. The molecule has 0 fully saturated rings. The molecule has 0 atom stereocenters. The zero-order chi connectivity index (χ0) is 10.1. The fraction of sp³-hybridized carbons (Fsp3) is 0. The number of nitrogens with zero attached hydrogens (tertiary/aromatic N) is 1. The molecule has 0 saturated carbocycles. The maximum atomic E-state index is 11.3. The summed E-state index contributed by atoms with van der Waals surface area (Å²) >= 11 is 0. The Morgan fingerprint density at radius 2 is 2.21 bits per heavy atom. The molecule has 5 heteroatoms. The second-order valence-corrected chi connectivity index (χ2v) is 2.76. The largest absolute Gasteiger partial charge is 0.478 e. The van der Waals surface area contributed by atoms with Crippen LogP contribution in [0, 0.1) is 0 Å². The molecule has 0 aliphatic rings. The van der Waals surface area contributed by atoms with E-state index in [1.807, 2.05) is 0 Å². The molecule has 0 radical (unpaired) electrons. The van der Waals surface area contributed by atoms with E-state index in [0.29, 0.717) is 5.39 Å². The van der Waals surface area contributed by atoms with Crippen molar-refractivity contribution in [3.05, 3.63) is 40.6 Å². The van der Waals surface area contributed by atoms with Crippen LogP contribution in [0.1, 0.15) is 10.4 Å². The minimum atomic E-state index is -1.07. The number of hydrogen-bond acceptors (Lipinski definition) is 3. The average molecular weight is 190 g/mol. The van der Waals surface area contributed by atoms with E-state index in [1.54, 1.807) is 0 Å². The molecule has 0 aliphatic carbocycles. The first kappa shape index (κ1) is 8.43. The van der Waals surface area contributed by atoms with Gasteiger partial charge in [-0.15, -0.1) is 0 Å². The number of aromatic amines is 1. The van der Waals surface area contributed by atoms with Gasteiger partial charge >= 0.3 is 5.97 Å². The quantitative estimate of drug-likeness (QED) is 0.690. The lowest BCUT2D eigenvalue weighted by Gasteiger charge is -1.99. The highest BCUT2D eigenvalue weighted by atomic mass is 16.4. The van der Waals surface area contributed by atoms with E-state index >= 15 is 0 Å². The van der Waals surface area contributed by atoms with Crippen LogP contribution in [0.2, 0.25) is 0 Å². The number of carboxylic acid groups (broad SMARTS) is 1. The number of hydrogen-bond donors (Lipinski definition) is 2. The second-order valence-electron chi connectivity index (χ2n) is 2.76. The van der Waals surface area contributed by atoms with Crippen LogP contribution in [0.3, 0.4) is 0 Å². The number of fused-ring (bicyclic) bond motifs is 1. The Bertz CT molecular complexity index is 559. The molecule has 70 valence electrons. The molecule has 0 bridgehead atoms. The van der Waals surface area contributed by atoms with E-state index in [-0.39, 0.29) is 16.5 Å². The summed E-state index contributed by atoms with van der Waals surface area (Å²) in [5.41, 5.74) is -0.264. The predicted octanol–water partition coefficient (Wildman–Crippen LogP) is 0.621. The van der Waals surface area contributed by atoms with Gasteiger partial charge in [-0.3, -0.25) is 9.78 Å². The lowest BCUT2D eigenvalue weighted by Crippen LogP contribution is -2.10. The third-order valence-electron chi connectivity index (χ3n) is 1.93. The van der Waals surface area contributed by atoms with E-state index in [0.717, 1.165) is 0 Å². The molecule has 0 unspecified atom stereocenters. The van der Waals surface area contributed by atoms with Gasteiger partial charge in [0.05, 0.1) is 10.9 Å². The number of carboxylic acids is 1. The molecule has 2 aromatic heterocycles. The van der Waals surface area contributed by atoms with Gasteiger partial charge in [-0.1, -0.05) is 0 Å². The summed E-state index contributed by atoms with van der Waals surface area (Å²) in [4.78, 5) is 28.2. The molecule has 0 amide bonds. The standard InChI is InChI=1S/C9H6N2O3/c12-8-6-3-10-2-1-5(6)7(4-11-8)9(13)14/h1-4H,(H,11,12)(H,13,14). The van der Waals surface area contributed by atoms with Crippen molar-refractivity contribution < 1.29 is 9.90 Å². The van der Waals surface area contributed by atoms with Crippen molar-refractivity contribution in [1.29, 1.82) is 0 Å². The van der Waals surface area contributed by atoms with Gasteiger partial charge in [0.25, 0.3) is 5.56 Å². The molecule has 2 heterocycles. The van der Waals surface area contributed by atoms with Crippen LogP contribution in [0.5, 0.6) is 0 Å². The van der Waals surface area contributed by atoms with Crippen LogP contribution in [0.15, 0.2) is 29.5 Å². The van der Waals surface area contributed by atoms with E-state index in [1.165, 1.54) is 24.7 Å². The SMILES string of the molecule is O=C(O)c1c[nH]c(=O)c2cnccc12. The summed E-state index contributed by atoms with van der Waals surface area (Å²) < 4.78 is 0. The lowest BCUT2D eigenvalue weighted by molar-refractivity contribution is 0.0698. The van der Waals surface area contributed by atoms with E-state index in [9.17, 15) is 9.59 Å². The van der Waals surface area contributed by atoms with Crippen molar-refractivity contribution in [1.82, 2.24) is 9.97 Å². The van der Waals surface area contributed by atoms with E-state index in [4.69, 9.17) is 5.11 Å². The Balaban J connectivity index is 2.96. The maximum absolute atomic E-state index is 11.3. The van der Waals surface area contributed by atoms with Crippen molar-refractivity contribution in [3.8, 4) is 0 Å². The monoisotopic (exact) mass is 190 g/mol. The van der Waals surface area contributed by atoms with Crippen molar-refractivity contribution >= 4 is 16.7 Å². The number of carbonyl (C=O) groups is 1. The van der Waals surface area contributed by atoms with Gasteiger partial charge in [0.1, 0.15) is 0 Å². The number of pyridine rings is 2. The smallest absolute Gasteiger partial charge is 0.337 e. The Labute approximate surface area is 78.0 Å². The van der Waals surface area contributed by atoms with Gasteiger partial charge in [-0.2, -0.15) is 0 Å². The Hall–Kier alpha value is -2.17. The molecule has 2 N–H and O–H groups in total. The molecule has 14 heavy (non-hydrogen) atoms. The summed E-state index contributed by atoms with van der Waals surface area (Å²) in [6.07, 6.45) is 3.99. The summed E-state index contributed by atoms with van der Waals surface area (Å²) in [7, 11) is 0. The van der Waals surface area contributed by atoms with Crippen LogP contribution in [-0.4, -0.2) is 21.0 Å². The normalized spacial score (nSPS) is 10.3. The minimum Gasteiger partial charge on any atom is -0.478 e. The van der Waals surface area contributed by atoms with Gasteiger partial charge in [-0.25, -0.2) is 4.79 Å². The minimum absolute atomic E-state index is 0.0713. The Morgan fingerprint density at radius 3 is 2.93 bits per heavy atom. The predicted molar refractivity (Wildman–Crippen MR) is 49.3 cm³/mol. The molecule has 0 spiro atoms. The highest BCUT2D eigenvalue weighted by molar-refractivity contribution is 6.02. The molecule has 0 saturated heterocycles. The first-order chi connectivity index (χ1) is 6.70. The third-order valence-corrected chi connectivity index (χ3v) is 1.93. The van der Waals surface area contributed by atoms with Crippen molar-refractivity contribution in [2.45, 2.75) is 0 Å². The maximum Gasteiger partial charge on any atom is 0.337 e. The second kappa shape index (κ2) is 2.95. The number of aromatic carboxylic acids is 1. The van der Waals surface area contributed by atoms with E-state index < -0.39 is 5.97 Å². The molecule has 0 aliphatic heterocycles. The molecule has 2 aromatic rings. The number of H-pyrrole nitrogens is 1. The molecule has 2 rings (SSSR count). The van der Waals surface area contributed by atoms with Crippen molar-refractivity contribution in [2.24, 2.45) is 0 Å². The number of nitrogens with one attached hydrogen (secondary N) is 1. The van der Waals surface area contributed by atoms with Gasteiger partial charge in [-0.05, 0) is 6.07 Å². The van der Waals surface area contributed by atoms with Gasteiger partial charge < -0.3 is 10.1 Å². The van der Waals surface area contributed by atoms with Gasteiger partial charge in [0, 0.05) is 24.0 Å². The number of rotatable bonds is 1. The zero-order valence-electron chi connectivity index (χ0n) is 7.02. The van der Waals surface area contributed by atoms with Crippen LogP contribution in [0.25, 0.3) is 10.8 Å². The van der Waals surface area contributed by atoms with Crippen LogP contribution >= 0.6 is 0 Å². The van der Waals surface area contributed by atoms with Gasteiger partial charge in [0.15, 0.2) is 0 Å². The molecule has 5 nitrogen and oxygen atoms in total. The summed E-state index contributed by atoms with van der Waals surface area (Å²) in [6, 6.07) is 1.51. The number of aromatic nitrogens is 2. The topological polar surface area (TPSA) is 83.0 Å². The van der Waals surface area contributed by atoms with Crippen LogP contribution < -0.4 is 5.56 Å². The van der Waals surface area contributed by atoms with Crippen LogP contribution in [-0.2, 0) is 0 Å². The third kappa shape index (κ3) is 1.15. The lowest BCUT2D eigenvalue weighted by atomic mass is 10.1. The highest BCUT2D eigenvalue weighted by Crippen LogP contribution is 2.12.